The van der Waals surface area contributed by atoms with E-state index in [0.717, 1.165) is 16.8 Å². The highest BCUT2D eigenvalue weighted by molar-refractivity contribution is 5.86. The van der Waals surface area contributed by atoms with Crippen LogP contribution in [-0.2, 0) is 11.3 Å². The summed E-state index contributed by atoms with van der Waals surface area (Å²) in [6.07, 6.45) is 1.74. The minimum atomic E-state index is -0.553. The maximum absolute atomic E-state index is 11.3. The number of pyridine rings is 1. The van der Waals surface area contributed by atoms with Gasteiger partial charge in [-0.2, -0.15) is 0 Å². The van der Waals surface area contributed by atoms with Crippen LogP contribution in [0, 0.1) is 13.8 Å². The van der Waals surface area contributed by atoms with Crippen LogP contribution in [0.25, 0.3) is 11.3 Å². The molecule has 0 saturated carbocycles. The van der Waals surface area contributed by atoms with Gasteiger partial charge < -0.3 is 14.0 Å². The number of carbonyl (C=O) groups is 1. The lowest BCUT2D eigenvalue weighted by Crippen LogP contribution is -2.06. The van der Waals surface area contributed by atoms with E-state index in [9.17, 15) is 4.79 Å². The highest BCUT2D eigenvalue weighted by atomic mass is 16.5. The van der Waals surface area contributed by atoms with Crippen molar-refractivity contribution in [1.29, 1.82) is 0 Å². The van der Waals surface area contributed by atoms with Crippen LogP contribution in [0.3, 0.4) is 0 Å². The molecule has 0 aromatic carbocycles. The second-order valence-electron chi connectivity index (χ2n) is 5.29. The third kappa shape index (κ3) is 3.63. The Hall–Kier alpha value is -3.29. The molecule has 3 rings (SSSR count). The molecule has 3 heterocycles. The van der Waals surface area contributed by atoms with Gasteiger partial charge in [0.15, 0.2) is 5.69 Å². The minimum absolute atomic E-state index is 0.113. The summed E-state index contributed by atoms with van der Waals surface area (Å²) in [5.41, 5.74) is 3.34. The molecule has 0 amide bonds. The average Bonchev–Trinajstić information content (AvgIpc) is 3.01. The summed E-state index contributed by atoms with van der Waals surface area (Å²) in [4.78, 5) is 15.6. The zero-order valence-corrected chi connectivity index (χ0v) is 14.0. The number of esters is 1. The molecule has 0 aliphatic rings. The van der Waals surface area contributed by atoms with Crippen LogP contribution in [0.2, 0.25) is 0 Å². The third-order valence-electron chi connectivity index (χ3n) is 3.57. The molecule has 0 N–H and O–H groups in total. The van der Waals surface area contributed by atoms with Crippen molar-refractivity contribution in [2.24, 2.45) is 0 Å². The van der Waals surface area contributed by atoms with E-state index >= 15 is 0 Å². The predicted molar refractivity (Wildman–Crippen MR) is 86.9 cm³/mol. The van der Waals surface area contributed by atoms with Crippen LogP contribution in [0.4, 0.5) is 0 Å². The van der Waals surface area contributed by atoms with Gasteiger partial charge in [-0.3, -0.25) is 4.98 Å². The number of aryl methyl sites for hydroxylation is 2. The molecule has 25 heavy (non-hydrogen) atoms. The molecule has 0 bridgehead atoms. The van der Waals surface area contributed by atoms with Crippen LogP contribution in [-0.4, -0.2) is 33.4 Å². The SMILES string of the molecule is COC(=O)c1ccc(OCc2c(-c3ccc(C)nc3)noc2C)nn1. The molecule has 3 aromatic rings. The maximum Gasteiger partial charge on any atom is 0.358 e. The Kier molecular flexibility index (Phi) is 4.69. The van der Waals surface area contributed by atoms with Gasteiger partial charge in [-0.05, 0) is 32.0 Å². The maximum atomic E-state index is 11.3. The van der Waals surface area contributed by atoms with E-state index in [-0.39, 0.29) is 18.2 Å². The molecule has 3 aromatic heterocycles. The number of hydrogen-bond acceptors (Lipinski definition) is 8. The van der Waals surface area contributed by atoms with E-state index in [4.69, 9.17) is 9.26 Å². The van der Waals surface area contributed by atoms with E-state index in [0.29, 0.717) is 11.5 Å². The molecule has 0 fully saturated rings. The number of nitrogens with zero attached hydrogens (tertiary/aromatic N) is 4. The Morgan fingerprint density at radius 2 is 2.00 bits per heavy atom. The van der Waals surface area contributed by atoms with Crippen molar-refractivity contribution in [3.8, 4) is 17.1 Å². The fraction of sp³-hybridized carbons (Fsp3) is 0.235. The Morgan fingerprint density at radius 3 is 2.64 bits per heavy atom. The largest absolute Gasteiger partial charge is 0.472 e. The summed E-state index contributed by atoms with van der Waals surface area (Å²) in [5, 5.41) is 11.7. The van der Waals surface area contributed by atoms with Crippen LogP contribution < -0.4 is 4.74 Å². The van der Waals surface area contributed by atoms with E-state index in [1.165, 1.54) is 13.2 Å². The summed E-state index contributed by atoms with van der Waals surface area (Å²) in [5.74, 6) is 0.374. The van der Waals surface area contributed by atoms with Crippen molar-refractivity contribution >= 4 is 5.97 Å². The lowest BCUT2D eigenvalue weighted by Gasteiger charge is -2.06. The lowest BCUT2D eigenvalue weighted by atomic mass is 10.1. The first kappa shape index (κ1) is 16.6. The first-order valence-corrected chi connectivity index (χ1v) is 7.51. The monoisotopic (exact) mass is 340 g/mol. The average molecular weight is 340 g/mol. The Labute approximate surface area is 143 Å². The third-order valence-corrected chi connectivity index (χ3v) is 3.57. The van der Waals surface area contributed by atoms with Gasteiger partial charge in [-0.25, -0.2) is 4.79 Å². The first-order chi connectivity index (χ1) is 12.1. The number of rotatable bonds is 5. The van der Waals surface area contributed by atoms with Gasteiger partial charge in [-0.15, -0.1) is 10.2 Å². The van der Waals surface area contributed by atoms with Gasteiger partial charge in [0.25, 0.3) is 0 Å². The fourth-order valence-corrected chi connectivity index (χ4v) is 2.15. The van der Waals surface area contributed by atoms with Crippen molar-refractivity contribution in [3.05, 3.63) is 53.2 Å². The summed E-state index contributed by atoms with van der Waals surface area (Å²) in [6, 6.07) is 6.86. The highest BCUT2D eigenvalue weighted by Crippen LogP contribution is 2.25. The molecule has 0 aliphatic heterocycles. The number of aromatic nitrogens is 4. The molecular formula is C17H16N4O4. The normalized spacial score (nSPS) is 10.5. The van der Waals surface area contributed by atoms with E-state index in [2.05, 4.69) is 25.1 Å². The van der Waals surface area contributed by atoms with Gasteiger partial charge in [-0.1, -0.05) is 5.16 Å². The van der Waals surface area contributed by atoms with Gasteiger partial charge in [0.1, 0.15) is 18.1 Å². The second-order valence-corrected chi connectivity index (χ2v) is 5.29. The van der Waals surface area contributed by atoms with E-state index in [1.807, 2.05) is 26.0 Å². The lowest BCUT2D eigenvalue weighted by molar-refractivity contribution is 0.0592. The summed E-state index contributed by atoms with van der Waals surface area (Å²) < 4.78 is 15.5. The van der Waals surface area contributed by atoms with Gasteiger partial charge in [0.2, 0.25) is 5.88 Å². The summed E-state index contributed by atoms with van der Waals surface area (Å²) >= 11 is 0. The molecule has 0 unspecified atom stereocenters. The van der Waals surface area contributed by atoms with Crippen molar-refractivity contribution in [2.75, 3.05) is 7.11 Å². The van der Waals surface area contributed by atoms with Crippen LogP contribution in [0.5, 0.6) is 5.88 Å². The molecule has 0 spiro atoms. The van der Waals surface area contributed by atoms with Crippen molar-refractivity contribution < 1.29 is 18.8 Å². The van der Waals surface area contributed by atoms with E-state index < -0.39 is 5.97 Å². The van der Waals surface area contributed by atoms with Crippen LogP contribution >= 0.6 is 0 Å². The number of hydrogen-bond donors (Lipinski definition) is 0. The van der Waals surface area contributed by atoms with Crippen LogP contribution in [0.1, 0.15) is 27.5 Å². The van der Waals surface area contributed by atoms with Gasteiger partial charge in [0.05, 0.1) is 12.7 Å². The summed E-state index contributed by atoms with van der Waals surface area (Å²) in [7, 11) is 1.28. The first-order valence-electron chi connectivity index (χ1n) is 7.51. The molecule has 0 saturated heterocycles. The second kappa shape index (κ2) is 7.08. The van der Waals surface area contributed by atoms with Crippen molar-refractivity contribution in [2.45, 2.75) is 20.5 Å². The minimum Gasteiger partial charge on any atom is -0.472 e. The Bertz CT molecular complexity index is 873. The smallest absolute Gasteiger partial charge is 0.358 e. The fourth-order valence-electron chi connectivity index (χ4n) is 2.15. The number of ether oxygens (including phenoxy) is 2. The molecule has 0 atom stereocenters. The molecule has 128 valence electrons. The molecule has 8 heteroatoms. The number of methoxy groups -OCH3 is 1. The predicted octanol–water partition coefficient (Wildman–Crippen LogP) is 2.51. The molecule has 0 aliphatic carbocycles. The Morgan fingerprint density at radius 1 is 1.16 bits per heavy atom. The van der Waals surface area contributed by atoms with Gasteiger partial charge >= 0.3 is 5.97 Å². The van der Waals surface area contributed by atoms with E-state index in [1.54, 1.807) is 12.3 Å². The zero-order chi connectivity index (χ0) is 17.8. The Balaban J connectivity index is 1.76. The quantitative estimate of drug-likeness (QED) is 0.653. The number of carbonyl (C=O) groups excluding carboxylic acids is 1. The molecule has 8 nitrogen and oxygen atoms in total. The standard InChI is InChI=1S/C17H16N4O4/c1-10-4-5-12(8-18-10)16-13(11(2)25-21-16)9-24-15-7-6-14(19-20-15)17(22)23-3/h4-8H,9H2,1-3H3. The van der Waals surface area contributed by atoms with Crippen LogP contribution in [0.15, 0.2) is 35.0 Å². The van der Waals surface area contributed by atoms with Crippen molar-refractivity contribution in [3.63, 3.8) is 0 Å². The highest BCUT2D eigenvalue weighted by Gasteiger charge is 2.16. The summed E-state index contributed by atoms with van der Waals surface area (Å²) in [6.45, 7) is 3.92. The topological polar surface area (TPSA) is 100 Å². The van der Waals surface area contributed by atoms with Gasteiger partial charge in [0, 0.05) is 23.5 Å². The molecule has 0 radical (unpaired) electrons. The molecular weight excluding hydrogens is 324 g/mol. The zero-order valence-electron chi connectivity index (χ0n) is 14.0. The van der Waals surface area contributed by atoms with Crippen molar-refractivity contribution in [1.82, 2.24) is 20.3 Å².